The normalized spacial score (nSPS) is 13.6. The molecule has 34 heavy (non-hydrogen) atoms. The van der Waals surface area contributed by atoms with E-state index in [2.05, 4.69) is 15.5 Å². The van der Waals surface area contributed by atoms with Crippen molar-refractivity contribution in [3.05, 3.63) is 113 Å². The highest BCUT2D eigenvalue weighted by Crippen LogP contribution is 2.28. The van der Waals surface area contributed by atoms with Crippen LogP contribution in [0.25, 0.3) is 5.69 Å². The fourth-order valence-corrected chi connectivity index (χ4v) is 4.36. The standard InChI is InChI=1S/C25H20N6O2S/c32-23-22(18-34-25-26-27-28-31(25)21-14-8-3-9-15-21)24(33)30(17-20-12-6-2-7-13-20)29(23)16-19-10-4-1-5-11-19/h1-15,18H,16-17H2. The number of carbonyl (C=O) groups excluding carboxylic acids is 2. The number of benzene rings is 3. The van der Waals surface area contributed by atoms with Gasteiger partial charge in [-0.05, 0) is 39.1 Å². The molecule has 0 radical (unpaired) electrons. The molecule has 0 aliphatic carbocycles. The summed E-state index contributed by atoms with van der Waals surface area (Å²) in [5.41, 5.74) is 2.74. The third-order valence-electron chi connectivity index (χ3n) is 5.30. The Labute approximate surface area is 200 Å². The molecule has 0 unspecified atom stereocenters. The molecule has 1 saturated heterocycles. The maximum atomic E-state index is 13.4. The van der Waals surface area contributed by atoms with Gasteiger partial charge in [-0.2, -0.15) is 4.68 Å². The lowest BCUT2D eigenvalue weighted by atomic mass is 10.2. The summed E-state index contributed by atoms with van der Waals surface area (Å²) < 4.78 is 1.56. The maximum absolute atomic E-state index is 13.4. The molecule has 1 aliphatic rings. The topological polar surface area (TPSA) is 84.2 Å². The van der Waals surface area contributed by atoms with Crippen molar-refractivity contribution < 1.29 is 9.59 Å². The van der Waals surface area contributed by atoms with E-state index >= 15 is 0 Å². The second-order valence-corrected chi connectivity index (χ2v) is 8.39. The summed E-state index contributed by atoms with van der Waals surface area (Å²) in [5.74, 6) is -0.702. The quantitative estimate of drug-likeness (QED) is 0.234. The predicted octanol–water partition coefficient (Wildman–Crippen LogP) is 3.62. The molecular formula is C25H20N6O2S. The van der Waals surface area contributed by atoms with Crippen molar-refractivity contribution in [2.75, 3.05) is 0 Å². The molecule has 0 N–H and O–H groups in total. The fraction of sp³-hybridized carbons (Fsp3) is 0.0800. The van der Waals surface area contributed by atoms with Gasteiger partial charge >= 0.3 is 0 Å². The van der Waals surface area contributed by atoms with Crippen LogP contribution >= 0.6 is 11.8 Å². The Hall–Kier alpha value is -4.24. The third-order valence-corrected chi connectivity index (χ3v) is 6.11. The van der Waals surface area contributed by atoms with E-state index in [-0.39, 0.29) is 17.4 Å². The van der Waals surface area contributed by atoms with Crippen molar-refractivity contribution in [3.8, 4) is 5.69 Å². The summed E-state index contributed by atoms with van der Waals surface area (Å²) in [5, 5.41) is 16.8. The summed E-state index contributed by atoms with van der Waals surface area (Å²) in [4.78, 5) is 26.7. The number of tetrazole rings is 1. The van der Waals surface area contributed by atoms with E-state index in [9.17, 15) is 9.59 Å². The van der Waals surface area contributed by atoms with Gasteiger partial charge in [-0.15, -0.1) is 5.10 Å². The summed E-state index contributed by atoms with van der Waals surface area (Å²) in [6.45, 7) is 0.587. The summed E-state index contributed by atoms with van der Waals surface area (Å²) >= 11 is 1.14. The number of thioether (sulfide) groups is 1. The molecule has 3 aromatic carbocycles. The van der Waals surface area contributed by atoms with Crippen molar-refractivity contribution in [1.29, 1.82) is 0 Å². The fourth-order valence-electron chi connectivity index (χ4n) is 3.61. The number of aromatic nitrogens is 4. The van der Waals surface area contributed by atoms with Gasteiger partial charge in [0.2, 0.25) is 5.16 Å². The molecule has 5 rings (SSSR count). The Morgan fingerprint density at radius 1 is 0.706 bits per heavy atom. The van der Waals surface area contributed by atoms with Crippen molar-refractivity contribution in [2.24, 2.45) is 0 Å². The number of carbonyl (C=O) groups is 2. The smallest absolute Gasteiger partial charge is 0.267 e. The minimum Gasteiger partial charge on any atom is -0.267 e. The highest BCUT2D eigenvalue weighted by atomic mass is 32.2. The van der Waals surface area contributed by atoms with Crippen LogP contribution in [0.15, 0.2) is 107 Å². The van der Waals surface area contributed by atoms with Crippen molar-refractivity contribution >= 4 is 23.6 Å². The molecule has 0 atom stereocenters. The van der Waals surface area contributed by atoms with Gasteiger partial charge in [-0.3, -0.25) is 9.59 Å². The zero-order chi connectivity index (χ0) is 23.3. The second-order valence-electron chi connectivity index (χ2n) is 7.55. The van der Waals surface area contributed by atoms with E-state index in [0.29, 0.717) is 18.2 Å². The van der Waals surface area contributed by atoms with E-state index in [4.69, 9.17) is 0 Å². The molecule has 168 valence electrons. The molecule has 1 fully saturated rings. The highest BCUT2D eigenvalue weighted by Gasteiger charge is 2.41. The van der Waals surface area contributed by atoms with E-state index in [0.717, 1.165) is 28.6 Å². The Bertz CT molecular complexity index is 1260. The van der Waals surface area contributed by atoms with Crippen LogP contribution in [0.3, 0.4) is 0 Å². The predicted molar refractivity (Wildman–Crippen MR) is 127 cm³/mol. The highest BCUT2D eigenvalue weighted by molar-refractivity contribution is 8.02. The molecule has 2 heterocycles. The SMILES string of the molecule is O=C1C(=CSc2nnnn2-c2ccccc2)C(=O)N(Cc2ccccc2)N1Cc1ccccc1. The minimum absolute atomic E-state index is 0.0828. The number of amides is 2. The van der Waals surface area contributed by atoms with Gasteiger partial charge in [0.1, 0.15) is 5.57 Å². The van der Waals surface area contributed by atoms with Crippen LogP contribution in [0.5, 0.6) is 0 Å². The van der Waals surface area contributed by atoms with Gasteiger partial charge in [0.05, 0.1) is 18.8 Å². The van der Waals surface area contributed by atoms with E-state index in [1.807, 2.05) is 91.0 Å². The van der Waals surface area contributed by atoms with E-state index in [1.54, 1.807) is 10.1 Å². The number of para-hydroxylation sites is 1. The van der Waals surface area contributed by atoms with Crippen LogP contribution in [0.4, 0.5) is 0 Å². The van der Waals surface area contributed by atoms with Gasteiger partial charge in [0, 0.05) is 0 Å². The number of hydrazine groups is 1. The lowest BCUT2D eigenvalue weighted by Gasteiger charge is -2.27. The zero-order valence-electron chi connectivity index (χ0n) is 18.1. The molecule has 9 heteroatoms. The van der Waals surface area contributed by atoms with E-state index in [1.165, 1.54) is 10.0 Å². The maximum Gasteiger partial charge on any atom is 0.279 e. The number of nitrogens with zero attached hydrogens (tertiary/aromatic N) is 6. The van der Waals surface area contributed by atoms with Gasteiger partial charge in [-0.25, -0.2) is 10.0 Å². The van der Waals surface area contributed by atoms with Crippen LogP contribution in [0, 0.1) is 0 Å². The number of hydrogen-bond donors (Lipinski definition) is 0. The molecule has 1 aromatic heterocycles. The first-order valence-electron chi connectivity index (χ1n) is 10.6. The van der Waals surface area contributed by atoms with Crippen LogP contribution < -0.4 is 0 Å². The number of hydrogen-bond acceptors (Lipinski definition) is 6. The Morgan fingerprint density at radius 3 is 1.74 bits per heavy atom. The molecule has 2 amide bonds. The van der Waals surface area contributed by atoms with Gasteiger partial charge in [0.15, 0.2) is 0 Å². The van der Waals surface area contributed by atoms with Crippen molar-refractivity contribution in [3.63, 3.8) is 0 Å². The molecule has 1 aliphatic heterocycles. The minimum atomic E-state index is -0.351. The van der Waals surface area contributed by atoms with Gasteiger partial charge < -0.3 is 0 Å². The average molecular weight is 469 g/mol. The number of rotatable bonds is 7. The summed E-state index contributed by atoms with van der Waals surface area (Å²) in [7, 11) is 0. The Balaban J connectivity index is 1.43. The van der Waals surface area contributed by atoms with Crippen LogP contribution in [-0.4, -0.2) is 42.0 Å². The third kappa shape index (κ3) is 4.46. The zero-order valence-corrected chi connectivity index (χ0v) is 18.9. The first-order chi connectivity index (χ1) is 16.7. The molecular weight excluding hydrogens is 448 g/mol. The van der Waals surface area contributed by atoms with Crippen LogP contribution in [0.1, 0.15) is 11.1 Å². The Kier molecular flexibility index (Phi) is 6.17. The summed E-state index contributed by atoms with van der Waals surface area (Å²) in [6, 6.07) is 28.6. The first-order valence-corrected chi connectivity index (χ1v) is 11.5. The molecule has 0 spiro atoms. The molecule has 0 bridgehead atoms. The first kappa shape index (κ1) is 21.6. The lowest BCUT2D eigenvalue weighted by Crippen LogP contribution is -2.39. The van der Waals surface area contributed by atoms with Gasteiger partial charge in [-0.1, -0.05) is 90.6 Å². The van der Waals surface area contributed by atoms with Crippen molar-refractivity contribution in [1.82, 2.24) is 30.2 Å². The van der Waals surface area contributed by atoms with Crippen LogP contribution in [-0.2, 0) is 22.7 Å². The average Bonchev–Trinajstić information content (AvgIpc) is 3.43. The Morgan fingerprint density at radius 2 is 1.21 bits per heavy atom. The lowest BCUT2D eigenvalue weighted by molar-refractivity contribution is -0.149. The van der Waals surface area contributed by atoms with Gasteiger partial charge in [0.25, 0.3) is 11.8 Å². The summed E-state index contributed by atoms with van der Waals surface area (Å²) in [6.07, 6.45) is 0. The molecule has 4 aromatic rings. The second kappa shape index (κ2) is 9.72. The van der Waals surface area contributed by atoms with Crippen LogP contribution in [0.2, 0.25) is 0 Å². The molecule has 8 nitrogen and oxygen atoms in total. The monoisotopic (exact) mass is 468 g/mol. The van der Waals surface area contributed by atoms with E-state index < -0.39 is 0 Å². The van der Waals surface area contributed by atoms with Crippen molar-refractivity contribution in [2.45, 2.75) is 18.2 Å². The largest absolute Gasteiger partial charge is 0.279 e. The molecule has 0 saturated carbocycles.